The van der Waals surface area contributed by atoms with Gasteiger partial charge in [-0.15, -0.1) is 0 Å². The summed E-state index contributed by atoms with van der Waals surface area (Å²) in [5.41, 5.74) is -1.30. The van der Waals surface area contributed by atoms with Crippen LogP contribution in [-0.4, -0.2) is 74.2 Å². The van der Waals surface area contributed by atoms with E-state index in [-0.39, 0.29) is 16.7 Å². The number of esters is 1. The molecule has 0 spiro atoms. The molecule has 7 atom stereocenters. The lowest BCUT2D eigenvalue weighted by molar-refractivity contribution is -0.325. The number of methoxy groups -OCH3 is 1. The van der Waals surface area contributed by atoms with E-state index in [0.29, 0.717) is 18.8 Å². The van der Waals surface area contributed by atoms with Crippen molar-refractivity contribution in [1.82, 2.24) is 0 Å². The molecule has 39 heavy (non-hydrogen) atoms. The molecule has 0 aromatic heterocycles. The zero-order valence-corrected chi connectivity index (χ0v) is 29.4. The second kappa shape index (κ2) is 10.6. The van der Waals surface area contributed by atoms with Crippen LogP contribution in [0, 0.1) is 17.3 Å². The molecule has 2 aliphatic rings. The summed E-state index contributed by atoms with van der Waals surface area (Å²) in [4.78, 5) is 27.4. The van der Waals surface area contributed by atoms with Crippen molar-refractivity contribution in [3.05, 3.63) is 0 Å². The van der Waals surface area contributed by atoms with E-state index in [1.54, 1.807) is 13.8 Å². The number of hydrogen-bond acceptors (Lipinski definition) is 7. The van der Waals surface area contributed by atoms with Crippen LogP contribution in [0.5, 0.6) is 0 Å². The van der Waals surface area contributed by atoms with Gasteiger partial charge in [0.25, 0.3) is 0 Å². The lowest BCUT2D eigenvalue weighted by Gasteiger charge is -2.68. The molecule has 2 rings (SSSR count). The van der Waals surface area contributed by atoms with Gasteiger partial charge in [0, 0.05) is 13.5 Å². The van der Waals surface area contributed by atoms with Crippen molar-refractivity contribution in [2.75, 3.05) is 7.11 Å². The molecule has 1 aliphatic heterocycles. The lowest BCUT2D eigenvalue weighted by Crippen LogP contribution is -2.90. The Hall–Kier alpha value is -0.586. The van der Waals surface area contributed by atoms with Crippen LogP contribution in [0.25, 0.3) is 0 Å². The van der Waals surface area contributed by atoms with E-state index in [4.69, 9.17) is 14.2 Å². The molecular formula is C30H58O7Si2. The molecule has 0 unspecified atom stereocenters. The Kier molecular flexibility index (Phi) is 9.41. The van der Waals surface area contributed by atoms with E-state index in [0.717, 1.165) is 6.42 Å². The van der Waals surface area contributed by atoms with Crippen LogP contribution in [0.2, 0.25) is 36.3 Å². The highest BCUT2D eigenvalue weighted by Crippen LogP contribution is 2.59. The van der Waals surface area contributed by atoms with E-state index in [9.17, 15) is 19.8 Å². The van der Waals surface area contributed by atoms with Crippen LogP contribution in [-0.2, 0) is 23.8 Å². The predicted molar refractivity (Wildman–Crippen MR) is 161 cm³/mol. The van der Waals surface area contributed by atoms with E-state index in [1.807, 2.05) is 13.1 Å². The molecule has 1 saturated carbocycles. The maximum absolute atomic E-state index is 14.0. The number of aliphatic hydroxyl groups is 2. The van der Waals surface area contributed by atoms with Gasteiger partial charge >= 0.3 is 5.97 Å². The minimum absolute atomic E-state index is 0.118. The van der Waals surface area contributed by atoms with Crippen molar-refractivity contribution in [2.24, 2.45) is 17.3 Å². The van der Waals surface area contributed by atoms with Gasteiger partial charge in [0.15, 0.2) is 12.4 Å². The fourth-order valence-electron chi connectivity index (χ4n) is 6.46. The third-order valence-electron chi connectivity index (χ3n) is 11.7. The molecule has 9 heteroatoms. The van der Waals surface area contributed by atoms with Gasteiger partial charge in [-0.3, -0.25) is 9.59 Å². The molecule has 0 amide bonds. The van der Waals surface area contributed by atoms with E-state index in [1.165, 1.54) is 7.11 Å². The molecule has 0 radical (unpaired) electrons. The van der Waals surface area contributed by atoms with Crippen LogP contribution < -0.4 is 0 Å². The summed E-state index contributed by atoms with van der Waals surface area (Å²) in [6.45, 7) is 28.3. The second-order valence-corrected chi connectivity index (χ2v) is 27.0. The third kappa shape index (κ3) is 5.05. The Morgan fingerprint density at radius 1 is 1.00 bits per heavy atom. The molecule has 228 valence electrons. The maximum Gasteiger partial charge on any atom is 0.319 e. The standard InChI is InChI=1S/C30H58O7Si2/c1-19(2)21-16-17-28(10,22(31)18-21)24(32)37-23-20(3)36-25(35-11)30(34,39(14,15)27(7,8)9)29(23,33)38(12,13)26(4,5)6/h19-21,23,25,33-34H,16-18H2,1-15H3/t20-,21-,23-,25-,28-,29-,30-/m1/s1. The predicted octanol–water partition coefficient (Wildman–Crippen LogP) is 5.88. The molecule has 7 nitrogen and oxygen atoms in total. The SMILES string of the molecule is CO[C@@H]1O[C@H](C)[C@@H](OC(=O)[C@]2(C)CC[C@@H](C(C)C)CC2=O)[C@@](O)([Si](C)(C)C(C)(C)C)[C@]1(O)[Si](C)(C)C(C)(C)C. The first kappa shape index (κ1) is 34.6. The molecule has 0 aromatic rings. The Morgan fingerprint density at radius 2 is 1.46 bits per heavy atom. The molecular weight excluding hydrogens is 528 g/mol. The zero-order chi connectivity index (χ0) is 30.8. The van der Waals surface area contributed by atoms with Crippen LogP contribution in [0.1, 0.15) is 88.5 Å². The lowest BCUT2D eigenvalue weighted by atomic mass is 9.68. The van der Waals surface area contributed by atoms with Crippen molar-refractivity contribution < 1.29 is 34.0 Å². The van der Waals surface area contributed by atoms with Crippen LogP contribution in [0.4, 0.5) is 0 Å². The first-order valence-electron chi connectivity index (χ1n) is 14.7. The average Bonchev–Trinajstić information content (AvgIpc) is 2.78. The Bertz CT molecular complexity index is 935. The van der Waals surface area contributed by atoms with Gasteiger partial charge in [-0.2, -0.15) is 0 Å². The highest BCUT2D eigenvalue weighted by molar-refractivity contribution is 6.89. The number of rotatable bonds is 6. The number of ether oxygens (including phenoxy) is 3. The van der Waals surface area contributed by atoms with Crippen molar-refractivity contribution >= 4 is 27.9 Å². The normalized spacial score (nSPS) is 37.2. The van der Waals surface area contributed by atoms with E-state index in [2.05, 4.69) is 68.5 Å². The van der Waals surface area contributed by atoms with Gasteiger partial charge in [0.2, 0.25) is 0 Å². The molecule has 2 N–H and O–H groups in total. The summed E-state index contributed by atoms with van der Waals surface area (Å²) in [5, 5.41) is 22.0. The number of ketones is 1. The van der Waals surface area contributed by atoms with Gasteiger partial charge in [-0.05, 0) is 48.6 Å². The van der Waals surface area contributed by atoms with Crippen molar-refractivity contribution in [3.63, 3.8) is 0 Å². The Labute approximate surface area is 239 Å². The summed E-state index contributed by atoms with van der Waals surface area (Å²) in [6, 6.07) is 0. The first-order chi connectivity index (χ1) is 17.3. The number of carbonyl (C=O) groups excluding carboxylic acids is 2. The fraction of sp³-hybridized carbons (Fsp3) is 0.933. The van der Waals surface area contributed by atoms with Crippen LogP contribution in [0.3, 0.4) is 0 Å². The summed E-state index contributed by atoms with van der Waals surface area (Å²) >= 11 is 0. The smallest absolute Gasteiger partial charge is 0.319 e. The Morgan fingerprint density at radius 3 is 1.85 bits per heavy atom. The summed E-state index contributed by atoms with van der Waals surface area (Å²) < 4.78 is 18.5. The highest BCUT2D eigenvalue weighted by Gasteiger charge is 2.79. The summed E-state index contributed by atoms with van der Waals surface area (Å²) in [7, 11) is -4.41. The second-order valence-electron chi connectivity index (χ2n) is 16.0. The first-order valence-corrected chi connectivity index (χ1v) is 20.7. The monoisotopic (exact) mass is 586 g/mol. The maximum atomic E-state index is 14.0. The fourth-order valence-corrected chi connectivity index (χ4v) is 14.6. The average molecular weight is 587 g/mol. The van der Waals surface area contributed by atoms with Crippen molar-refractivity contribution in [2.45, 2.75) is 154 Å². The summed E-state index contributed by atoms with van der Waals surface area (Å²) in [5.74, 6) is -0.158. The van der Waals surface area contributed by atoms with Gasteiger partial charge < -0.3 is 24.4 Å². The molecule has 0 bridgehead atoms. The molecule has 2 fully saturated rings. The number of Topliss-reactive ketones (excluding diaryl/α,β-unsaturated/α-hetero) is 1. The van der Waals surface area contributed by atoms with Gasteiger partial charge in [-0.25, -0.2) is 0 Å². The quantitative estimate of drug-likeness (QED) is 0.228. The molecule has 0 aromatic carbocycles. The topological polar surface area (TPSA) is 102 Å². The van der Waals surface area contributed by atoms with E-state index >= 15 is 0 Å². The minimum Gasteiger partial charge on any atom is -0.456 e. The molecule has 1 aliphatic carbocycles. The van der Waals surface area contributed by atoms with Crippen molar-refractivity contribution in [1.29, 1.82) is 0 Å². The minimum atomic E-state index is -2.98. The zero-order valence-electron chi connectivity index (χ0n) is 27.4. The highest BCUT2D eigenvalue weighted by atomic mass is 28.3. The molecule has 1 heterocycles. The van der Waals surface area contributed by atoms with Crippen LogP contribution in [0.15, 0.2) is 0 Å². The number of carbonyl (C=O) groups is 2. The summed E-state index contributed by atoms with van der Waals surface area (Å²) in [6.07, 6.45) is -1.55. The van der Waals surface area contributed by atoms with Crippen molar-refractivity contribution in [3.8, 4) is 0 Å². The van der Waals surface area contributed by atoms with Gasteiger partial charge in [0.05, 0.1) is 14.2 Å². The van der Waals surface area contributed by atoms with Crippen LogP contribution >= 0.6 is 0 Å². The largest absolute Gasteiger partial charge is 0.456 e. The number of hydrogen-bond donors (Lipinski definition) is 2. The van der Waals surface area contributed by atoms with Gasteiger partial charge in [0.1, 0.15) is 29.7 Å². The van der Waals surface area contributed by atoms with Gasteiger partial charge in [-0.1, -0.05) is 81.6 Å². The third-order valence-corrected chi connectivity index (χ3v) is 24.5. The Balaban J connectivity index is 2.78. The van der Waals surface area contributed by atoms with E-state index < -0.39 is 61.5 Å². The molecule has 1 saturated heterocycles.